The van der Waals surface area contributed by atoms with E-state index in [1.54, 1.807) is 0 Å². The lowest BCUT2D eigenvalue weighted by Crippen LogP contribution is -2.38. The summed E-state index contributed by atoms with van der Waals surface area (Å²) in [5.41, 5.74) is 0. The predicted molar refractivity (Wildman–Crippen MR) is 46.4 cm³/mol. The molecule has 0 aromatic carbocycles. The Kier molecular flexibility index (Phi) is 1.55. The van der Waals surface area contributed by atoms with Crippen molar-refractivity contribution in [3.63, 3.8) is 0 Å². The average molecular weight is 171 g/mol. The summed E-state index contributed by atoms with van der Waals surface area (Å²) in [6, 6.07) is 0.245. The van der Waals surface area contributed by atoms with E-state index >= 15 is 0 Å². The van der Waals surface area contributed by atoms with Crippen molar-refractivity contribution in [1.82, 2.24) is 4.90 Å². The number of rotatable bonds is 0. The second kappa shape index (κ2) is 2.23. The molecule has 2 rings (SSSR count). The maximum atomic E-state index is 11.4. The maximum Gasteiger partial charge on any atom is 0.207 e. The normalized spacial score (nSPS) is 36.2. The van der Waals surface area contributed by atoms with Crippen LogP contribution in [0.4, 0.5) is 0 Å². The number of carbonyl (C=O) groups is 1. The Bertz CT molecular complexity index is 202. The molecule has 2 fully saturated rings. The number of hydrogen-bond acceptors (Lipinski definition) is 3. The van der Waals surface area contributed by atoms with Gasteiger partial charge in [0.15, 0.2) is 0 Å². The molecule has 62 valence electrons. The Morgan fingerprint density at radius 3 is 3.00 bits per heavy atom. The molecule has 11 heavy (non-hydrogen) atoms. The third-order valence-electron chi connectivity index (χ3n) is 2.57. The molecule has 2 aliphatic heterocycles. The zero-order chi connectivity index (χ0) is 8.06. The summed E-state index contributed by atoms with van der Waals surface area (Å²) in [4.78, 5) is 13.8. The van der Waals surface area contributed by atoms with E-state index in [2.05, 4.69) is 18.7 Å². The number of carbonyl (C=O) groups excluding carboxylic acids is 1. The number of thioether (sulfide) groups is 1. The molecule has 0 radical (unpaired) electrons. The van der Waals surface area contributed by atoms with E-state index in [-0.39, 0.29) is 10.9 Å². The third-order valence-corrected chi connectivity index (χ3v) is 3.77. The lowest BCUT2D eigenvalue weighted by molar-refractivity contribution is -0.113. The van der Waals surface area contributed by atoms with Crippen molar-refractivity contribution in [2.24, 2.45) is 0 Å². The van der Waals surface area contributed by atoms with Gasteiger partial charge >= 0.3 is 0 Å². The first-order valence-corrected chi connectivity index (χ1v) is 4.92. The molecule has 0 aliphatic carbocycles. The van der Waals surface area contributed by atoms with E-state index in [4.69, 9.17) is 0 Å². The van der Waals surface area contributed by atoms with Crippen LogP contribution in [-0.4, -0.2) is 27.5 Å². The first-order valence-electron chi connectivity index (χ1n) is 4.11. The minimum absolute atomic E-state index is 0.0677. The van der Waals surface area contributed by atoms with Gasteiger partial charge in [-0.15, -0.1) is 0 Å². The van der Waals surface area contributed by atoms with E-state index in [0.29, 0.717) is 5.12 Å². The highest BCUT2D eigenvalue weighted by Gasteiger charge is 2.48. The Balaban J connectivity index is 2.27. The van der Waals surface area contributed by atoms with Crippen molar-refractivity contribution in [2.45, 2.75) is 37.6 Å². The average Bonchev–Trinajstić information content (AvgIpc) is 2.37. The van der Waals surface area contributed by atoms with Gasteiger partial charge in [0.2, 0.25) is 5.12 Å². The van der Waals surface area contributed by atoms with Crippen LogP contribution in [-0.2, 0) is 4.79 Å². The molecule has 2 heterocycles. The number of fused-ring (bicyclic) bond motifs is 1. The summed E-state index contributed by atoms with van der Waals surface area (Å²) in [7, 11) is 0. The first kappa shape index (κ1) is 7.62. The van der Waals surface area contributed by atoms with Gasteiger partial charge < -0.3 is 0 Å². The van der Waals surface area contributed by atoms with Crippen LogP contribution in [0.3, 0.4) is 0 Å². The monoisotopic (exact) mass is 171 g/mol. The van der Waals surface area contributed by atoms with Gasteiger partial charge in [-0.3, -0.25) is 9.69 Å². The third kappa shape index (κ3) is 1.02. The van der Waals surface area contributed by atoms with Gasteiger partial charge in [0.25, 0.3) is 0 Å². The largest absolute Gasteiger partial charge is 0.285 e. The summed E-state index contributed by atoms with van der Waals surface area (Å²) in [5, 5.41) is 0.382. The lowest BCUT2D eigenvalue weighted by atomic mass is 10.2. The zero-order valence-corrected chi connectivity index (χ0v) is 7.78. The van der Waals surface area contributed by atoms with Gasteiger partial charge in [0.1, 0.15) is 0 Å². The molecule has 1 unspecified atom stereocenters. The molecule has 0 aromatic heterocycles. The molecular formula is C8H13NOS. The summed E-state index contributed by atoms with van der Waals surface area (Å²) in [5.74, 6) is 0. The van der Waals surface area contributed by atoms with Crippen LogP contribution in [0, 0.1) is 0 Å². The van der Waals surface area contributed by atoms with E-state index in [0.717, 1.165) is 13.0 Å². The highest BCUT2D eigenvalue weighted by atomic mass is 32.2. The van der Waals surface area contributed by atoms with Gasteiger partial charge in [-0.2, -0.15) is 0 Å². The van der Waals surface area contributed by atoms with E-state index < -0.39 is 0 Å². The number of nitrogens with zero attached hydrogens (tertiary/aromatic N) is 1. The highest BCUT2D eigenvalue weighted by molar-refractivity contribution is 8.15. The van der Waals surface area contributed by atoms with E-state index in [9.17, 15) is 4.79 Å². The predicted octanol–water partition coefficient (Wildman–Crippen LogP) is 1.46. The van der Waals surface area contributed by atoms with Crippen LogP contribution in [0.2, 0.25) is 0 Å². The van der Waals surface area contributed by atoms with E-state index in [1.165, 1.54) is 18.2 Å². The Morgan fingerprint density at radius 1 is 1.64 bits per heavy atom. The summed E-state index contributed by atoms with van der Waals surface area (Å²) >= 11 is 1.50. The van der Waals surface area contributed by atoms with E-state index in [1.807, 2.05) is 0 Å². The van der Waals surface area contributed by atoms with Crippen molar-refractivity contribution < 1.29 is 4.79 Å². The molecule has 0 bridgehead atoms. The second-order valence-electron chi connectivity index (χ2n) is 3.72. The van der Waals surface area contributed by atoms with Crippen LogP contribution in [0.15, 0.2) is 0 Å². The quantitative estimate of drug-likeness (QED) is 0.550. The van der Waals surface area contributed by atoms with Gasteiger partial charge in [-0.05, 0) is 26.7 Å². The fourth-order valence-corrected chi connectivity index (χ4v) is 3.24. The van der Waals surface area contributed by atoms with Gasteiger partial charge in [-0.25, -0.2) is 0 Å². The van der Waals surface area contributed by atoms with Crippen LogP contribution in [0.25, 0.3) is 0 Å². The molecule has 2 nitrogen and oxygen atoms in total. The van der Waals surface area contributed by atoms with Crippen molar-refractivity contribution in [2.75, 3.05) is 6.54 Å². The van der Waals surface area contributed by atoms with Crippen LogP contribution in [0.5, 0.6) is 0 Å². The molecule has 2 saturated heterocycles. The highest BCUT2D eigenvalue weighted by Crippen LogP contribution is 2.44. The lowest BCUT2D eigenvalue weighted by Gasteiger charge is -2.27. The molecule has 0 N–H and O–H groups in total. The summed E-state index contributed by atoms with van der Waals surface area (Å²) in [6.45, 7) is 5.39. The molecule has 0 saturated carbocycles. The summed E-state index contributed by atoms with van der Waals surface area (Å²) < 4.78 is 0. The van der Waals surface area contributed by atoms with Gasteiger partial charge in [0.05, 0.1) is 10.9 Å². The van der Waals surface area contributed by atoms with Crippen LogP contribution < -0.4 is 0 Å². The maximum absolute atomic E-state index is 11.4. The molecule has 0 amide bonds. The Morgan fingerprint density at radius 2 is 2.36 bits per heavy atom. The molecule has 1 atom stereocenters. The molecule has 0 spiro atoms. The molecule has 0 aromatic rings. The van der Waals surface area contributed by atoms with Crippen molar-refractivity contribution in [3.05, 3.63) is 0 Å². The van der Waals surface area contributed by atoms with Crippen molar-refractivity contribution in [1.29, 1.82) is 0 Å². The molecular weight excluding hydrogens is 158 g/mol. The minimum Gasteiger partial charge on any atom is -0.285 e. The first-order chi connectivity index (χ1) is 5.11. The van der Waals surface area contributed by atoms with Crippen LogP contribution in [0.1, 0.15) is 26.7 Å². The standard InChI is InChI=1S/C8H13NOS/c1-8(2)9-5-3-4-6(9)7(10)11-8/h6H,3-5H2,1-2H3. The van der Waals surface area contributed by atoms with Crippen LogP contribution >= 0.6 is 11.8 Å². The fourth-order valence-electron chi connectivity index (χ4n) is 2.03. The van der Waals surface area contributed by atoms with Crippen molar-refractivity contribution in [3.8, 4) is 0 Å². The SMILES string of the molecule is CC1(C)SC(=O)C2CCCN21. The van der Waals surface area contributed by atoms with Gasteiger partial charge in [-0.1, -0.05) is 11.8 Å². The number of hydrogen-bond donors (Lipinski definition) is 0. The zero-order valence-electron chi connectivity index (χ0n) is 6.96. The Labute approximate surface area is 71.3 Å². The van der Waals surface area contributed by atoms with Crippen molar-refractivity contribution >= 4 is 16.9 Å². The topological polar surface area (TPSA) is 20.3 Å². The second-order valence-corrected chi connectivity index (χ2v) is 5.32. The summed E-state index contributed by atoms with van der Waals surface area (Å²) in [6.07, 6.45) is 2.27. The van der Waals surface area contributed by atoms with Gasteiger partial charge in [0, 0.05) is 6.54 Å². The smallest absolute Gasteiger partial charge is 0.207 e. The Hall–Kier alpha value is -0.0200. The molecule has 3 heteroatoms. The fraction of sp³-hybridized carbons (Fsp3) is 0.875. The molecule has 2 aliphatic rings. The minimum atomic E-state index is 0.0677.